The minimum atomic E-state index is -0.486. The molecule has 130 valence electrons. The maximum Gasteiger partial charge on any atom is 0.341 e. The van der Waals surface area contributed by atoms with E-state index < -0.39 is 5.97 Å². The van der Waals surface area contributed by atoms with E-state index in [9.17, 15) is 9.59 Å². The van der Waals surface area contributed by atoms with E-state index in [0.29, 0.717) is 11.3 Å². The molecule has 0 N–H and O–H groups in total. The quantitative estimate of drug-likeness (QED) is 0.534. The highest BCUT2D eigenvalue weighted by molar-refractivity contribution is 6.22. The highest BCUT2D eigenvalue weighted by atomic mass is 16.5. The monoisotopic (exact) mass is 328 g/mol. The third-order valence-corrected chi connectivity index (χ3v) is 7.85. The number of hydrogen-bond acceptors (Lipinski definition) is 3. The van der Waals surface area contributed by atoms with Crippen molar-refractivity contribution in [2.24, 2.45) is 28.6 Å². The third-order valence-electron chi connectivity index (χ3n) is 7.85. The van der Waals surface area contributed by atoms with Gasteiger partial charge in [-0.05, 0) is 67.8 Å². The number of rotatable bonds is 1. The zero-order chi connectivity index (χ0) is 17.1. The van der Waals surface area contributed by atoms with Crippen LogP contribution in [-0.2, 0) is 14.3 Å². The Labute approximate surface area is 144 Å². The summed E-state index contributed by atoms with van der Waals surface area (Å²) in [5, 5.41) is 0. The van der Waals surface area contributed by atoms with E-state index in [1.807, 2.05) is 6.08 Å². The number of hydrogen-bond donors (Lipinski definition) is 0. The average molecular weight is 328 g/mol. The number of fused-ring (bicyclic) bond motifs is 5. The number of methoxy groups -OCH3 is 1. The van der Waals surface area contributed by atoms with E-state index in [2.05, 4.69) is 13.8 Å². The highest BCUT2D eigenvalue weighted by Gasteiger charge is 2.56. The molecule has 3 saturated carbocycles. The molecule has 0 saturated heterocycles. The molecule has 0 bridgehead atoms. The van der Waals surface area contributed by atoms with Crippen LogP contribution < -0.4 is 0 Å². The number of ketones is 1. The minimum Gasteiger partial charge on any atom is -0.465 e. The fraction of sp³-hybridized carbons (Fsp3) is 0.714. The van der Waals surface area contributed by atoms with Gasteiger partial charge in [0.25, 0.3) is 0 Å². The number of ether oxygens (including phenoxy) is 1. The summed E-state index contributed by atoms with van der Waals surface area (Å²) in [7, 11) is 1.35. The molecule has 0 aromatic carbocycles. The van der Waals surface area contributed by atoms with Crippen LogP contribution in [0.2, 0.25) is 0 Å². The lowest BCUT2D eigenvalue weighted by atomic mass is 9.48. The van der Waals surface area contributed by atoms with Gasteiger partial charge in [0, 0.05) is 5.41 Å². The molecular formula is C21H28O3. The summed E-state index contributed by atoms with van der Waals surface area (Å²) in [6, 6.07) is 0. The van der Waals surface area contributed by atoms with Crippen LogP contribution in [0.4, 0.5) is 0 Å². The van der Waals surface area contributed by atoms with Crippen molar-refractivity contribution in [1.82, 2.24) is 0 Å². The molecule has 0 aromatic rings. The first kappa shape index (κ1) is 16.1. The van der Waals surface area contributed by atoms with Gasteiger partial charge in [0.2, 0.25) is 0 Å². The predicted octanol–water partition coefficient (Wildman–Crippen LogP) is 4.23. The van der Waals surface area contributed by atoms with Crippen molar-refractivity contribution in [2.45, 2.75) is 58.8 Å². The number of allylic oxidation sites excluding steroid dienone is 3. The van der Waals surface area contributed by atoms with Crippen molar-refractivity contribution >= 4 is 11.8 Å². The van der Waals surface area contributed by atoms with Crippen molar-refractivity contribution in [1.29, 1.82) is 0 Å². The molecule has 0 radical (unpaired) electrons. The Morgan fingerprint density at radius 1 is 1.17 bits per heavy atom. The van der Waals surface area contributed by atoms with Gasteiger partial charge in [-0.1, -0.05) is 31.9 Å². The van der Waals surface area contributed by atoms with Gasteiger partial charge in [-0.25, -0.2) is 4.79 Å². The number of esters is 1. The van der Waals surface area contributed by atoms with Crippen molar-refractivity contribution in [3.63, 3.8) is 0 Å². The van der Waals surface area contributed by atoms with Crippen molar-refractivity contribution in [2.75, 3.05) is 7.11 Å². The van der Waals surface area contributed by atoms with E-state index in [4.69, 9.17) is 4.74 Å². The molecule has 3 nitrogen and oxygen atoms in total. The van der Waals surface area contributed by atoms with Crippen LogP contribution in [0.5, 0.6) is 0 Å². The maximum atomic E-state index is 12.3. The molecule has 4 aliphatic rings. The van der Waals surface area contributed by atoms with Gasteiger partial charge in [-0.2, -0.15) is 0 Å². The van der Waals surface area contributed by atoms with Gasteiger partial charge < -0.3 is 4.74 Å². The lowest BCUT2D eigenvalue weighted by Gasteiger charge is -2.56. The molecule has 0 spiro atoms. The Morgan fingerprint density at radius 3 is 2.71 bits per heavy atom. The summed E-state index contributed by atoms with van der Waals surface area (Å²) < 4.78 is 4.85. The first-order chi connectivity index (χ1) is 11.4. The van der Waals surface area contributed by atoms with Gasteiger partial charge in [0.1, 0.15) is 5.57 Å². The van der Waals surface area contributed by atoms with Gasteiger partial charge in [-0.15, -0.1) is 0 Å². The van der Waals surface area contributed by atoms with Crippen LogP contribution in [0.15, 0.2) is 23.3 Å². The molecule has 0 aliphatic heterocycles. The summed E-state index contributed by atoms with van der Waals surface area (Å²) in [6.45, 7) is 4.75. The van der Waals surface area contributed by atoms with Crippen LogP contribution >= 0.6 is 0 Å². The van der Waals surface area contributed by atoms with Gasteiger partial charge >= 0.3 is 5.97 Å². The van der Waals surface area contributed by atoms with Gasteiger partial charge in [0.05, 0.1) is 7.11 Å². The SMILES string of the molecule is COC(=O)C1=C[C@@]2(C)C(=CC1=O)CC[C@H]1[C@@H]3CCC[C@@]3(C)CC[C@@H]12. The molecule has 0 unspecified atom stereocenters. The molecule has 4 aliphatic carbocycles. The van der Waals surface area contributed by atoms with Crippen molar-refractivity contribution in [3.05, 3.63) is 23.3 Å². The second-order valence-electron chi connectivity index (χ2n) is 8.87. The molecule has 0 aromatic heterocycles. The molecule has 0 heterocycles. The van der Waals surface area contributed by atoms with Gasteiger partial charge in [-0.3, -0.25) is 4.79 Å². The Bertz CT molecular complexity index is 658. The molecule has 24 heavy (non-hydrogen) atoms. The van der Waals surface area contributed by atoms with Gasteiger partial charge in [0.15, 0.2) is 5.78 Å². The van der Waals surface area contributed by atoms with E-state index in [1.54, 1.807) is 6.08 Å². The summed E-state index contributed by atoms with van der Waals surface area (Å²) >= 11 is 0. The summed E-state index contributed by atoms with van der Waals surface area (Å²) in [5.74, 6) is 1.45. The normalized spacial score (nSPS) is 44.0. The zero-order valence-corrected chi connectivity index (χ0v) is 15.1. The average Bonchev–Trinajstić information content (AvgIpc) is 2.96. The Morgan fingerprint density at radius 2 is 1.96 bits per heavy atom. The first-order valence-electron chi connectivity index (χ1n) is 9.45. The van der Waals surface area contributed by atoms with E-state index >= 15 is 0 Å². The summed E-state index contributed by atoms with van der Waals surface area (Å²) in [4.78, 5) is 24.4. The zero-order valence-electron chi connectivity index (χ0n) is 15.1. The molecule has 5 atom stereocenters. The Hall–Kier alpha value is -1.38. The Balaban J connectivity index is 1.73. The minimum absolute atomic E-state index is 0.149. The van der Waals surface area contributed by atoms with E-state index in [-0.39, 0.29) is 16.8 Å². The predicted molar refractivity (Wildman–Crippen MR) is 92.2 cm³/mol. The van der Waals surface area contributed by atoms with Crippen LogP contribution in [0.25, 0.3) is 0 Å². The standard InChI is InChI=1S/C21H28O3/c1-20-9-4-5-16(20)14-7-6-13-11-18(22)15(19(23)24-3)12-21(13,2)17(14)8-10-20/h11-12,14,16-17H,4-10H2,1-3H3/t14-,16-,17-,20-,21-/m0/s1. The van der Waals surface area contributed by atoms with Crippen LogP contribution in [0.1, 0.15) is 58.8 Å². The molecule has 3 heteroatoms. The summed E-state index contributed by atoms with van der Waals surface area (Å²) in [5.41, 5.74) is 1.86. The molecular weight excluding hydrogens is 300 g/mol. The fourth-order valence-electron chi connectivity index (χ4n) is 6.56. The van der Waals surface area contributed by atoms with Crippen molar-refractivity contribution in [3.8, 4) is 0 Å². The number of carbonyl (C=O) groups excluding carboxylic acids is 2. The maximum absolute atomic E-state index is 12.3. The van der Waals surface area contributed by atoms with Crippen LogP contribution in [0, 0.1) is 28.6 Å². The first-order valence-corrected chi connectivity index (χ1v) is 9.45. The van der Waals surface area contributed by atoms with E-state index in [0.717, 1.165) is 18.3 Å². The largest absolute Gasteiger partial charge is 0.465 e. The topological polar surface area (TPSA) is 43.4 Å². The third kappa shape index (κ3) is 2.09. The molecule has 3 fully saturated rings. The molecule has 4 rings (SSSR count). The van der Waals surface area contributed by atoms with Crippen molar-refractivity contribution < 1.29 is 14.3 Å². The lowest BCUT2D eigenvalue weighted by molar-refractivity contribution is -0.137. The fourth-order valence-corrected chi connectivity index (χ4v) is 6.56. The number of carbonyl (C=O) groups is 2. The Kier molecular flexibility index (Phi) is 3.56. The second kappa shape index (κ2) is 5.31. The summed E-state index contributed by atoms with van der Waals surface area (Å²) in [6.07, 6.45) is 12.5. The smallest absolute Gasteiger partial charge is 0.341 e. The highest BCUT2D eigenvalue weighted by Crippen LogP contribution is 2.64. The van der Waals surface area contributed by atoms with Crippen LogP contribution in [0.3, 0.4) is 0 Å². The van der Waals surface area contributed by atoms with E-state index in [1.165, 1.54) is 51.2 Å². The van der Waals surface area contributed by atoms with Crippen LogP contribution in [-0.4, -0.2) is 18.9 Å². The lowest BCUT2D eigenvalue weighted by Crippen LogP contribution is -2.48. The second-order valence-corrected chi connectivity index (χ2v) is 8.87. The molecule has 0 amide bonds.